The molecule has 0 radical (unpaired) electrons. The van der Waals surface area contributed by atoms with Crippen LogP contribution in [0.2, 0.25) is 0 Å². The molecule has 542 valence electrons. The fourth-order valence-corrected chi connectivity index (χ4v) is 20.9. The van der Waals surface area contributed by atoms with Crippen molar-refractivity contribution in [2.24, 2.45) is 0 Å². The van der Waals surface area contributed by atoms with Crippen LogP contribution in [0, 0.1) is 0 Å². The van der Waals surface area contributed by atoms with Crippen LogP contribution in [0.4, 0.5) is 0 Å². The van der Waals surface area contributed by atoms with E-state index >= 15 is 0 Å². The minimum atomic E-state index is -0.121. The molecule has 0 aliphatic heterocycles. The van der Waals surface area contributed by atoms with E-state index in [0.717, 1.165) is 100 Å². The highest BCUT2D eigenvalue weighted by atomic mass is 15.0. The lowest BCUT2D eigenvalue weighted by molar-refractivity contribution is 0.660. The Labute approximate surface area is 670 Å². The highest BCUT2D eigenvalue weighted by Gasteiger charge is 2.38. The Hall–Kier alpha value is -14.7. The maximum absolute atomic E-state index is 5.66. The zero-order valence-corrected chi connectivity index (χ0v) is 64.3. The van der Waals surface area contributed by atoms with Crippen LogP contribution in [0.1, 0.15) is 49.9 Å². The molecule has 0 fully saturated rings. The van der Waals surface area contributed by atoms with Gasteiger partial charge in [0.25, 0.3) is 0 Å². The fourth-order valence-electron chi connectivity index (χ4n) is 20.9. The average molecular weight is 1480 g/mol. The highest BCUT2D eigenvalue weighted by Crippen LogP contribution is 2.55. The van der Waals surface area contributed by atoms with E-state index in [1.807, 2.05) is 0 Å². The molecule has 3 aliphatic rings. The number of nitrogens with zero attached hydrogens (tertiary/aromatic N) is 6. The summed E-state index contributed by atoms with van der Waals surface area (Å²) in [6.07, 6.45) is 0. The van der Waals surface area contributed by atoms with Gasteiger partial charge < -0.3 is 18.3 Å². The van der Waals surface area contributed by atoms with Gasteiger partial charge in [-0.25, -0.2) is 9.97 Å². The van der Waals surface area contributed by atoms with E-state index in [1.165, 1.54) is 137 Å². The first kappa shape index (κ1) is 64.9. The number of para-hydroxylation sites is 4. The molecule has 116 heavy (non-hydrogen) atoms. The molecule has 25 rings (SSSR count). The predicted octanol–water partition coefficient (Wildman–Crippen LogP) is 28.6. The molecular formula is C110H72N6. The molecule has 3 aliphatic carbocycles. The molecule has 0 amide bonds. The first-order valence-corrected chi connectivity index (χ1v) is 40.4. The molecule has 0 bridgehead atoms. The van der Waals surface area contributed by atoms with Crippen molar-refractivity contribution in [2.75, 3.05) is 0 Å². The number of hydrogen-bond acceptors (Lipinski definition) is 2. The quantitative estimate of drug-likeness (QED) is 0.145. The van der Waals surface area contributed by atoms with Gasteiger partial charge in [-0.05, 0) is 203 Å². The summed E-state index contributed by atoms with van der Waals surface area (Å²) in [6, 6.07) is 136. The largest absolute Gasteiger partial charge is 0.309 e. The van der Waals surface area contributed by atoms with Crippen molar-refractivity contribution in [3.63, 3.8) is 0 Å². The standard InChI is InChI=1S/C110H72N6/c1-109(2)92-34-14-8-26-77(92)79-54-48-74(63-94(79)109)115-98-38-18-12-30-83(98)87-52-44-69(61-102(87)115)67-42-50-85-81-28-10-16-36-96(81)113(100(85)59-67)72-46-40-66(41-47-72)108-111-106(65-22-6-5-7-23-65)105-90-57-56-76(89-32-21-33-91(104(89)90)107(105)112-108)71-24-20-25-73(58-71)114-97-37-17-11-29-82(97)86-51-43-68(60-101(86)114)70-45-53-88-84-31-13-19-39-99(84)116(103(88)62-70)75-49-55-80-78-27-9-15-35-93(78)110(3,4)95(80)64-75/h5-64H,1-4H3. The molecule has 0 unspecified atom stereocenters. The van der Waals surface area contributed by atoms with Gasteiger partial charge in [0.15, 0.2) is 5.82 Å². The summed E-state index contributed by atoms with van der Waals surface area (Å²) in [7, 11) is 0. The Morgan fingerprint density at radius 2 is 0.543 bits per heavy atom. The maximum Gasteiger partial charge on any atom is 0.160 e. The summed E-state index contributed by atoms with van der Waals surface area (Å²) in [5.74, 6) is 0.682. The van der Waals surface area contributed by atoms with Gasteiger partial charge in [-0.3, -0.25) is 0 Å². The molecule has 5 heterocycles. The third kappa shape index (κ3) is 9.12. The maximum atomic E-state index is 5.66. The van der Waals surface area contributed by atoms with Crippen LogP contribution in [-0.2, 0) is 10.8 Å². The minimum absolute atomic E-state index is 0.121. The van der Waals surface area contributed by atoms with Crippen molar-refractivity contribution in [2.45, 2.75) is 38.5 Å². The normalized spacial score (nSPS) is 13.5. The zero-order chi connectivity index (χ0) is 76.6. The van der Waals surface area contributed by atoms with Gasteiger partial charge in [-0.1, -0.05) is 282 Å². The van der Waals surface area contributed by atoms with Gasteiger partial charge in [0, 0.05) is 98.9 Å². The molecule has 0 atom stereocenters. The Kier molecular flexibility index (Phi) is 13.4. The van der Waals surface area contributed by atoms with E-state index in [2.05, 4.69) is 410 Å². The van der Waals surface area contributed by atoms with E-state index in [4.69, 9.17) is 9.97 Å². The molecule has 0 N–H and O–H groups in total. The van der Waals surface area contributed by atoms with Gasteiger partial charge >= 0.3 is 0 Å². The van der Waals surface area contributed by atoms with Crippen molar-refractivity contribution >= 4 is 98.0 Å². The number of aromatic nitrogens is 6. The monoisotopic (exact) mass is 1480 g/mol. The summed E-state index contributed by atoms with van der Waals surface area (Å²) >= 11 is 0. The van der Waals surface area contributed by atoms with Gasteiger partial charge in [0.1, 0.15) is 0 Å². The average Bonchev–Trinajstić information content (AvgIpc) is 1.62. The van der Waals surface area contributed by atoms with Crippen LogP contribution < -0.4 is 0 Å². The molecule has 22 aromatic rings. The Morgan fingerprint density at radius 1 is 0.198 bits per heavy atom. The van der Waals surface area contributed by atoms with Crippen LogP contribution in [0.5, 0.6) is 0 Å². The Bertz CT molecular complexity index is 8070. The Morgan fingerprint density at radius 3 is 1.03 bits per heavy atom. The minimum Gasteiger partial charge on any atom is -0.309 e. The van der Waals surface area contributed by atoms with Gasteiger partial charge in [0.05, 0.1) is 55.5 Å². The van der Waals surface area contributed by atoms with Crippen LogP contribution in [0.15, 0.2) is 364 Å². The molecule has 6 nitrogen and oxygen atoms in total. The van der Waals surface area contributed by atoms with E-state index in [1.54, 1.807) is 0 Å². The number of rotatable bonds is 9. The Balaban J connectivity index is 0.571. The summed E-state index contributed by atoms with van der Waals surface area (Å²) in [5.41, 5.74) is 38.6. The third-order valence-corrected chi connectivity index (χ3v) is 26.3. The second-order valence-corrected chi connectivity index (χ2v) is 33.1. The molecule has 0 spiro atoms. The predicted molar refractivity (Wildman–Crippen MR) is 484 cm³/mol. The van der Waals surface area contributed by atoms with Crippen LogP contribution in [-0.4, -0.2) is 28.2 Å². The van der Waals surface area contributed by atoms with E-state index in [9.17, 15) is 0 Å². The summed E-state index contributed by atoms with van der Waals surface area (Å²) in [6.45, 7) is 9.47. The number of hydrogen-bond donors (Lipinski definition) is 0. The molecule has 0 saturated carbocycles. The first-order valence-electron chi connectivity index (χ1n) is 40.4. The van der Waals surface area contributed by atoms with Crippen molar-refractivity contribution in [1.82, 2.24) is 28.2 Å². The van der Waals surface area contributed by atoms with E-state index in [0.29, 0.717) is 5.82 Å². The smallest absolute Gasteiger partial charge is 0.160 e. The molecule has 5 aromatic heterocycles. The lowest BCUT2D eigenvalue weighted by atomic mass is 9.82. The molecular weight excluding hydrogens is 1410 g/mol. The summed E-state index contributed by atoms with van der Waals surface area (Å²) in [5, 5.41) is 12.2. The third-order valence-electron chi connectivity index (χ3n) is 26.3. The van der Waals surface area contributed by atoms with Crippen LogP contribution in [0.3, 0.4) is 0 Å². The topological polar surface area (TPSA) is 45.5 Å². The lowest BCUT2D eigenvalue weighted by Gasteiger charge is -2.22. The first-order chi connectivity index (χ1) is 57.0. The van der Waals surface area contributed by atoms with Crippen LogP contribution in [0.25, 0.3) is 221 Å². The van der Waals surface area contributed by atoms with Crippen molar-refractivity contribution in [3.8, 4) is 123 Å². The van der Waals surface area contributed by atoms with Gasteiger partial charge in [-0.2, -0.15) is 0 Å². The van der Waals surface area contributed by atoms with Crippen LogP contribution >= 0.6 is 0 Å². The zero-order valence-electron chi connectivity index (χ0n) is 64.3. The van der Waals surface area contributed by atoms with E-state index < -0.39 is 0 Å². The van der Waals surface area contributed by atoms with E-state index in [-0.39, 0.29) is 10.8 Å². The van der Waals surface area contributed by atoms with Gasteiger partial charge in [0.2, 0.25) is 0 Å². The van der Waals surface area contributed by atoms with Crippen molar-refractivity contribution in [3.05, 3.63) is 386 Å². The highest BCUT2D eigenvalue weighted by molar-refractivity contribution is 6.21. The second-order valence-electron chi connectivity index (χ2n) is 33.1. The second kappa shape index (κ2) is 23.9. The lowest BCUT2D eigenvalue weighted by Crippen LogP contribution is -2.15. The van der Waals surface area contributed by atoms with Crippen molar-refractivity contribution in [1.29, 1.82) is 0 Å². The summed E-state index contributed by atoms with van der Waals surface area (Å²) < 4.78 is 9.86. The number of fused-ring (bicyclic) bond motifs is 21. The van der Waals surface area contributed by atoms with Gasteiger partial charge in [-0.15, -0.1) is 0 Å². The molecule has 17 aromatic carbocycles. The molecule has 0 saturated heterocycles. The summed E-state index contributed by atoms with van der Waals surface area (Å²) in [4.78, 5) is 11.3. The number of benzene rings is 17. The fraction of sp³-hybridized carbons (Fsp3) is 0.0545. The van der Waals surface area contributed by atoms with Crippen molar-refractivity contribution < 1.29 is 0 Å². The SMILES string of the molecule is CC1(C)c2ccccc2-c2ccc(-n3c4ccccc4c4ccc(-c5ccc6c7ccccc7n(-c7ccc(-c8nc(-c9ccccc9)c9c(n8)-c8cccc%10c(-c%11cccc(-n%12c%13ccccc%13c%13ccc(-c%14ccc%15c%16ccccc%16n(-c%16ccc%17c(c%16)C(C)(C)c%16ccccc%16-%17)c%15c%14)cc%13%12)c%11)ccc-9c8%10)cc7)c6c5)cc43)cc21. The molecule has 6 heteroatoms.